The molecule has 28 heavy (non-hydrogen) atoms. The van der Waals surface area contributed by atoms with Gasteiger partial charge in [0.25, 0.3) is 0 Å². The number of nitrogens with two attached hydrogens (primary N) is 1. The van der Waals surface area contributed by atoms with Gasteiger partial charge in [0.2, 0.25) is 5.91 Å². The van der Waals surface area contributed by atoms with Crippen LogP contribution in [0.5, 0.6) is 0 Å². The molecule has 2 aliphatic rings. The van der Waals surface area contributed by atoms with E-state index in [4.69, 9.17) is 10.7 Å². The van der Waals surface area contributed by atoms with Crippen molar-refractivity contribution in [2.75, 3.05) is 39.3 Å². The van der Waals surface area contributed by atoms with Gasteiger partial charge in [-0.3, -0.25) is 9.79 Å². The maximum atomic E-state index is 11.2. The van der Waals surface area contributed by atoms with E-state index in [1.807, 2.05) is 0 Å². The summed E-state index contributed by atoms with van der Waals surface area (Å²) in [5.41, 5.74) is 5.85. The Balaban J connectivity index is 0.00000392. The lowest BCUT2D eigenvalue weighted by Gasteiger charge is -2.30. The second kappa shape index (κ2) is 13.6. The molecule has 1 saturated heterocycles. The van der Waals surface area contributed by atoms with E-state index >= 15 is 0 Å². The summed E-state index contributed by atoms with van der Waals surface area (Å²) >= 11 is 0. The van der Waals surface area contributed by atoms with E-state index in [9.17, 15) is 4.79 Å². The molecule has 1 aliphatic heterocycles. The molecule has 164 valence electrons. The topological polar surface area (TPSA) is 82.8 Å². The average Bonchev–Trinajstić information content (AvgIpc) is 3.15. The Kier molecular flexibility index (Phi) is 12.4. The number of amides is 1. The number of carbonyl (C=O) groups is 1. The van der Waals surface area contributed by atoms with Crippen molar-refractivity contribution in [2.45, 2.75) is 71.6 Å². The molecule has 4 N–H and O–H groups in total. The third kappa shape index (κ3) is 8.43. The van der Waals surface area contributed by atoms with E-state index in [0.29, 0.717) is 5.41 Å². The molecule has 2 rings (SSSR count). The molecule has 1 saturated carbocycles. The first-order chi connectivity index (χ1) is 13.1. The van der Waals surface area contributed by atoms with Crippen LogP contribution in [0.1, 0.15) is 71.6 Å². The molecule has 0 bridgehead atoms. The highest BCUT2D eigenvalue weighted by Gasteiger charge is 2.31. The molecular formula is C21H42IN5O. The van der Waals surface area contributed by atoms with Gasteiger partial charge in [0, 0.05) is 25.6 Å². The van der Waals surface area contributed by atoms with Crippen LogP contribution in [0, 0.1) is 11.3 Å². The average molecular weight is 508 g/mol. The predicted octanol–water partition coefficient (Wildman–Crippen LogP) is 3.11. The van der Waals surface area contributed by atoms with Crippen molar-refractivity contribution >= 4 is 35.8 Å². The van der Waals surface area contributed by atoms with Crippen molar-refractivity contribution in [3.05, 3.63) is 0 Å². The standard InChI is InChI=1S/C21H41N5O.HI/c1-3-21(11-5-6-12-21)17-25-20(23-4-2)24-13-7-8-14-26-15-9-18(10-16-26)19(22)27;/h18H,3-17H2,1-2H3,(H2,22,27)(H2,23,24,25);1H. The fourth-order valence-corrected chi connectivity index (χ4v) is 4.45. The molecule has 1 heterocycles. The number of hydrogen-bond donors (Lipinski definition) is 3. The zero-order valence-corrected chi connectivity index (χ0v) is 20.3. The minimum Gasteiger partial charge on any atom is -0.369 e. The second-order valence-electron chi connectivity index (χ2n) is 8.41. The number of piperidine rings is 1. The van der Waals surface area contributed by atoms with Gasteiger partial charge in [-0.2, -0.15) is 0 Å². The van der Waals surface area contributed by atoms with Crippen LogP contribution >= 0.6 is 24.0 Å². The van der Waals surface area contributed by atoms with Crippen molar-refractivity contribution in [2.24, 2.45) is 22.1 Å². The van der Waals surface area contributed by atoms with Gasteiger partial charge >= 0.3 is 0 Å². The molecule has 0 aromatic rings. The number of aliphatic imine (C=N–C) groups is 1. The summed E-state index contributed by atoms with van der Waals surface area (Å²) in [6.07, 6.45) is 10.8. The number of nitrogens with zero attached hydrogens (tertiary/aromatic N) is 2. The van der Waals surface area contributed by atoms with E-state index < -0.39 is 0 Å². The first-order valence-corrected chi connectivity index (χ1v) is 11.1. The number of carbonyl (C=O) groups excluding carboxylic acids is 1. The first kappa shape index (κ1) is 25.5. The van der Waals surface area contributed by atoms with Crippen molar-refractivity contribution in [1.29, 1.82) is 0 Å². The first-order valence-electron chi connectivity index (χ1n) is 11.1. The number of nitrogens with one attached hydrogen (secondary N) is 2. The summed E-state index contributed by atoms with van der Waals surface area (Å²) < 4.78 is 0. The van der Waals surface area contributed by atoms with E-state index in [-0.39, 0.29) is 35.8 Å². The van der Waals surface area contributed by atoms with E-state index in [1.165, 1.54) is 38.5 Å². The molecule has 0 atom stereocenters. The van der Waals surface area contributed by atoms with Crippen LogP contribution in [0.4, 0.5) is 0 Å². The number of likely N-dealkylation sites (tertiary alicyclic amines) is 1. The maximum Gasteiger partial charge on any atom is 0.220 e. The SMILES string of the molecule is CCNC(=NCC1(CC)CCCC1)NCCCCN1CCC(C(N)=O)CC1.I. The molecule has 6 nitrogen and oxygen atoms in total. The van der Waals surface area contributed by atoms with Crippen molar-refractivity contribution in [3.8, 4) is 0 Å². The number of guanidine groups is 1. The molecule has 0 radical (unpaired) electrons. The summed E-state index contributed by atoms with van der Waals surface area (Å²) in [6, 6.07) is 0. The molecule has 7 heteroatoms. The van der Waals surface area contributed by atoms with Gasteiger partial charge in [-0.1, -0.05) is 19.8 Å². The van der Waals surface area contributed by atoms with Crippen molar-refractivity contribution in [1.82, 2.24) is 15.5 Å². The molecular weight excluding hydrogens is 465 g/mol. The van der Waals surface area contributed by atoms with Crippen molar-refractivity contribution in [3.63, 3.8) is 0 Å². The van der Waals surface area contributed by atoms with Gasteiger partial charge in [-0.25, -0.2) is 0 Å². The quantitative estimate of drug-likeness (QED) is 0.184. The van der Waals surface area contributed by atoms with Gasteiger partial charge in [-0.05, 0) is 76.9 Å². The lowest BCUT2D eigenvalue weighted by molar-refractivity contribution is -0.123. The predicted molar refractivity (Wildman–Crippen MR) is 128 cm³/mol. The van der Waals surface area contributed by atoms with Crippen LogP contribution in [0.25, 0.3) is 0 Å². The fourth-order valence-electron chi connectivity index (χ4n) is 4.45. The van der Waals surface area contributed by atoms with E-state index in [0.717, 1.165) is 64.5 Å². The Bertz CT molecular complexity index is 471. The van der Waals surface area contributed by atoms with Gasteiger partial charge in [0.1, 0.15) is 0 Å². The van der Waals surface area contributed by atoms with Gasteiger partial charge in [-0.15, -0.1) is 24.0 Å². The van der Waals surface area contributed by atoms with Crippen LogP contribution in [-0.4, -0.2) is 56.0 Å². The smallest absolute Gasteiger partial charge is 0.220 e. The normalized spacial score (nSPS) is 20.6. The number of unbranched alkanes of at least 4 members (excludes halogenated alkanes) is 1. The van der Waals surface area contributed by atoms with E-state index in [1.54, 1.807) is 0 Å². The number of rotatable bonds is 10. The number of primary amides is 1. The molecule has 1 amide bonds. The zero-order valence-electron chi connectivity index (χ0n) is 18.0. The van der Waals surface area contributed by atoms with Crippen molar-refractivity contribution < 1.29 is 4.79 Å². The fraction of sp³-hybridized carbons (Fsp3) is 0.905. The summed E-state index contributed by atoms with van der Waals surface area (Å²) in [5.74, 6) is 0.934. The van der Waals surface area contributed by atoms with Gasteiger partial charge in [0.15, 0.2) is 5.96 Å². The molecule has 0 aromatic carbocycles. The maximum absolute atomic E-state index is 11.2. The highest BCUT2D eigenvalue weighted by atomic mass is 127. The highest BCUT2D eigenvalue weighted by Crippen LogP contribution is 2.41. The zero-order chi connectivity index (χ0) is 19.5. The Morgan fingerprint density at radius 2 is 1.82 bits per heavy atom. The lowest BCUT2D eigenvalue weighted by atomic mass is 9.84. The highest BCUT2D eigenvalue weighted by molar-refractivity contribution is 14.0. The van der Waals surface area contributed by atoms with E-state index in [2.05, 4.69) is 29.4 Å². The van der Waals surface area contributed by atoms with Gasteiger partial charge in [0.05, 0.1) is 0 Å². The second-order valence-corrected chi connectivity index (χ2v) is 8.41. The minimum atomic E-state index is -0.128. The Hall–Kier alpha value is -0.570. The summed E-state index contributed by atoms with van der Waals surface area (Å²) in [4.78, 5) is 18.6. The third-order valence-electron chi connectivity index (χ3n) is 6.51. The Morgan fingerprint density at radius 1 is 1.14 bits per heavy atom. The summed E-state index contributed by atoms with van der Waals surface area (Å²) in [5, 5.41) is 6.89. The van der Waals surface area contributed by atoms with Crippen LogP contribution in [-0.2, 0) is 4.79 Å². The van der Waals surface area contributed by atoms with Crippen LogP contribution in [0.15, 0.2) is 4.99 Å². The van der Waals surface area contributed by atoms with Gasteiger partial charge < -0.3 is 21.3 Å². The molecule has 1 aliphatic carbocycles. The third-order valence-corrected chi connectivity index (χ3v) is 6.51. The van der Waals surface area contributed by atoms with Crippen LogP contribution in [0.2, 0.25) is 0 Å². The van der Waals surface area contributed by atoms with Crippen LogP contribution < -0.4 is 16.4 Å². The molecule has 0 aromatic heterocycles. The van der Waals surface area contributed by atoms with Crippen LogP contribution in [0.3, 0.4) is 0 Å². The number of hydrogen-bond acceptors (Lipinski definition) is 3. The molecule has 0 spiro atoms. The number of halogens is 1. The molecule has 0 unspecified atom stereocenters. The monoisotopic (exact) mass is 507 g/mol. The Labute approximate surface area is 188 Å². The summed E-state index contributed by atoms with van der Waals surface area (Å²) in [7, 11) is 0. The minimum absolute atomic E-state index is 0. The largest absolute Gasteiger partial charge is 0.369 e. The lowest BCUT2D eigenvalue weighted by Crippen LogP contribution is -2.40. The summed E-state index contributed by atoms with van der Waals surface area (Å²) in [6.45, 7) is 10.4. The Morgan fingerprint density at radius 3 is 2.39 bits per heavy atom. The molecule has 2 fully saturated rings.